The van der Waals surface area contributed by atoms with Crippen LogP contribution in [0.1, 0.15) is 25.3 Å². The van der Waals surface area contributed by atoms with Crippen LogP contribution < -0.4 is 5.32 Å². The van der Waals surface area contributed by atoms with Gasteiger partial charge in [-0.1, -0.05) is 25.5 Å². The zero-order chi connectivity index (χ0) is 11.1. The summed E-state index contributed by atoms with van der Waals surface area (Å²) in [4.78, 5) is 10.3. The standard InChI is InChI=1S/C12H17NO2/c1-2-4-10-5-3-6-11(9-10)13-8-7-12(14)15/h3,5-6,9,13H,2,4,7-8H2,1H3,(H,14,15). The van der Waals surface area contributed by atoms with Crippen molar-refractivity contribution < 1.29 is 9.90 Å². The van der Waals surface area contributed by atoms with Crippen LogP contribution in [-0.4, -0.2) is 17.6 Å². The maximum atomic E-state index is 10.3. The van der Waals surface area contributed by atoms with Gasteiger partial charge in [-0.2, -0.15) is 0 Å². The van der Waals surface area contributed by atoms with E-state index >= 15 is 0 Å². The molecule has 0 aliphatic heterocycles. The van der Waals surface area contributed by atoms with Crippen LogP contribution in [0.5, 0.6) is 0 Å². The van der Waals surface area contributed by atoms with Gasteiger partial charge in [0.15, 0.2) is 0 Å². The van der Waals surface area contributed by atoms with Crippen molar-refractivity contribution >= 4 is 11.7 Å². The molecule has 0 amide bonds. The Balaban J connectivity index is 2.46. The molecule has 0 unspecified atom stereocenters. The second-order valence-corrected chi connectivity index (χ2v) is 3.52. The highest BCUT2D eigenvalue weighted by molar-refractivity contribution is 5.67. The van der Waals surface area contributed by atoms with E-state index in [-0.39, 0.29) is 6.42 Å². The highest BCUT2D eigenvalue weighted by Crippen LogP contribution is 2.11. The van der Waals surface area contributed by atoms with Crippen LogP contribution in [0.4, 0.5) is 5.69 Å². The van der Waals surface area contributed by atoms with E-state index in [1.54, 1.807) is 0 Å². The molecule has 0 aliphatic rings. The van der Waals surface area contributed by atoms with Gasteiger partial charge in [0, 0.05) is 12.2 Å². The van der Waals surface area contributed by atoms with Crippen molar-refractivity contribution in [2.24, 2.45) is 0 Å². The summed E-state index contributed by atoms with van der Waals surface area (Å²) < 4.78 is 0. The van der Waals surface area contributed by atoms with Gasteiger partial charge in [0.25, 0.3) is 0 Å². The molecule has 2 N–H and O–H groups in total. The topological polar surface area (TPSA) is 49.3 Å². The molecule has 0 bridgehead atoms. The Morgan fingerprint density at radius 3 is 2.93 bits per heavy atom. The minimum absolute atomic E-state index is 0.151. The number of carbonyl (C=O) groups is 1. The number of nitrogens with one attached hydrogen (secondary N) is 1. The first kappa shape index (κ1) is 11.6. The van der Waals surface area contributed by atoms with Crippen LogP contribution in [0.15, 0.2) is 24.3 Å². The Hall–Kier alpha value is -1.51. The number of aryl methyl sites for hydroxylation is 1. The summed E-state index contributed by atoms with van der Waals surface area (Å²) in [5.41, 5.74) is 2.29. The molecule has 3 nitrogen and oxygen atoms in total. The summed E-state index contributed by atoms with van der Waals surface area (Å²) in [5.74, 6) is -0.771. The zero-order valence-corrected chi connectivity index (χ0v) is 8.99. The second kappa shape index (κ2) is 6.06. The van der Waals surface area contributed by atoms with Crippen molar-refractivity contribution in [1.82, 2.24) is 0 Å². The van der Waals surface area contributed by atoms with Crippen molar-refractivity contribution in [2.45, 2.75) is 26.2 Å². The number of carboxylic acid groups (broad SMARTS) is 1. The first-order valence-electron chi connectivity index (χ1n) is 5.27. The van der Waals surface area contributed by atoms with E-state index in [4.69, 9.17) is 5.11 Å². The van der Waals surface area contributed by atoms with Gasteiger partial charge in [0.2, 0.25) is 0 Å². The van der Waals surface area contributed by atoms with E-state index < -0.39 is 5.97 Å². The second-order valence-electron chi connectivity index (χ2n) is 3.52. The van der Waals surface area contributed by atoms with E-state index in [2.05, 4.69) is 24.4 Å². The van der Waals surface area contributed by atoms with Crippen molar-refractivity contribution in [3.63, 3.8) is 0 Å². The SMILES string of the molecule is CCCc1cccc(NCCC(=O)O)c1. The van der Waals surface area contributed by atoms with Crippen LogP contribution in [0.3, 0.4) is 0 Å². The molecule has 82 valence electrons. The van der Waals surface area contributed by atoms with Gasteiger partial charge in [-0.15, -0.1) is 0 Å². The van der Waals surface area contributed by atoms with Gasteiger partial charge in [0.1, 0.15) is 0 Å². The minimum Gasteiger partial charge on any atom is -0.481 e. The minimum atomic E-state index is -0.771. The number of carboxylic acids is 1. The molecular formula is C12H17NO2. The summed E-state index contributed by atoms with van der Waals surface area (Å²) in [6.45, 7) is 2.62. The molecule has 0 fully saturated rings. The van der Waals surface area contributed by atoms with E-state index in [0.717, 1.165) is 18.5 Å². The Labute approximate surface area is 90.1 Å². The number of hydrogen-bond donors (Lipinski definition) is 2. The lowest BCUT2D eigenvalue weighted by Gasteiger charge is -2.06. The maximum absolute atomic E-state index is 10.3. The summed E-state index contributed by atoms with van der Waals surface area (Å²) >= 11 is 0. The fraction of sp³-hybridized carbons (Fsp3) is 0.417. The number of rotatable bonds is 6. The number of anilines is 1. The fourth-order valence-electron chi connectivity index (χ4n) is 1.44. The normalized spacial score (nSPS) is 9.93. The molecule has 1 aromatic rings. The molecule has 0 spiro atoms. The highest BCUT2D eigenvalue weighted by Gasteiger charge is 1.97. The molecule has 0 aromatic heterocycles. The van der Waals surface area contributed by atoms with Gasteiger partial charge in [0.05, 0.1) is 6.42 Å². The number of benzene rings is 1. The van der Waals surface area contributed by atoms with Gasteiger partial charge in [-0.25, -0.2) is 0 Å². The Morgan fingerprint density at radius 2 is 2.27 bits per heavy atom. The van der Waals surface area contributed by atoms with Crippen molar-refractivity contribution in [3.05, 3.63) is 29.8 Å². The summed E-state index contributed by atoms with van der Waals surface area (Å²) in [6.07, 6.45) is 2.34. The Bertz CT molecular complexity index is 323. The molecule has 3 heteroatoms. The van der Waals surface area contributed by atoms with E-state index in [1.807, 2.05) is 12.1 Å². The predicted molar refractivity (Wildman–Crippen MR) is 61.2 cm³/mol. The Kier molecular flexibility index (Phi) is 4.68. The lowest BCUT2D eigenvalue weighted by molar-refractivity contribution is -0.136. The van der Waals surface area contributed by atoms with Crippen molar-refractivity contribution in [2.75, 3.05) is 11.9 Å². The van der Waals surface area contributed by atoms with E-state index in [0.29, 0.717) is 6.54 Å². The average molecular weight is 207 g/mol. The monoisotopic (exact) mass is 207 g/mol. The average Bonchev–Trinajstić information content (AvgIpc) is 2.18. The van der Waals surface area contributed by atoms with Gasteiger partial charge in [-0.3, -0.25) is 4.79 Å². The molecular weight excluding hydrogens is 190 g/mol. The molecule has 0 saturated carbocycles. The lowest BCUT2D eigenvalue weighted by atomic mass is 10.1. The van der Waals surface area contributed by atoms with Crippen LogP contribution in [0.2, 0.25) is 0 Å². The van der Waals surface area contributed by atoms with Gasteiger partial charge >= 0.3 is 5.97 Å². The Morgan fingerprint density at radius 1 is 1.47 bits per heavy atom. The molecule has 15 heavy (non-hydrogen) atoms. The van der Waals surface area contributed by atoms with Crippen LogP contribution in [-0.2, 0) is 11.2 Å². The lowest BCUT2D eigenvalue weighted by Crippen LogP contribution is -2.07. The third kappa shape index (κ3) is 4.49. The van der Waals surface area contributed by atoms with Crippen molar-refractivity contribution in [3.8, 4) is 0 Å². The summed E-state index contributed by atoms with van der Waals surface area (Å²) in [5, 5.41) is 11.6. The first-order chi connectivity index (χ1) is 7.22. The van der Waals surface area contributed by atoms with Gasteiger partial charge in [-0.05, 0) is 24.1 Å². The van der Waals surface area contributed by atoms with E-state index in [1.165, 1.54) is 5.56 Å². The quantitative estimate of drug-likeness (QED) is 0.753. The molecule has 1 rings (SSSR count). The zero-order valence-electron chi connectivity index (χ0n) is 8.99. The third-order valence-electron chi connectivity index (χ3n) is 2.13. The smallest absolute Gasteiger partial charge is 0.305 e. The fourth-order valence-corrected chi connectivity index (χ4v) is 1.44. The molecule has 0 atom stereocenters. The molecule has 0 aliphatic carbocycles. The van der Waals surface area contributed by atoms with Crippen LogP contribution in [0, 0.1) is 0 Å². The summed E-state index contributed by atoms with van der Waals surface area (Å²) in [7, 11) is 0. The number of hydrogen-bond acceptors (Lipinski definition) is 2. The molecule has 1 aromatic carbocycles. The predicted octanol–water partition coefficient (Wildman–Crippen LogP) is 2.53. The molecule has 0 heterocycles. The van der Waals surface area contributed by atoms with Crippen LogP contribution >= 0.6 is 0 Å². The first-order valence-corrected chi connectivity index (χ1v) is 5.27. The highest BCUT2D eigenvalue weighted by atomic mass is 16.4. The summed E-state index contributed by atoms with van der Waals surface area (Å²) in [6, 6.07) is 8.12. The van der Waals surface area contributed by atoms with Gasteiger partial charge < -0.3 is 10.4 Å². The van der Waals surface area contributed by atoms with E-state index in [9.17, 15) is 4.79 Å². The maximum Gasteiger partial charge on any atom is 0.305 e. The number of aliphatic carboxylic acids is 1. The van der Waals surface area contributed by atoms with Crippen molar-refractivity contribution in [1.29, 1.82) is 0 Å². The molecule has 0 saturated heterocycles. The molecule has 0 radical (unpaired) electrons. The van der Waals surface area contributed by atoms with Crippen LogP contribution in [0.25, 0.3) is 0 Å². The third-order valence-corrected chi connectivity index (χ3v) is 2.13. The largest absolute Gasteiger partial charge is 0.481 e.